The molecule has 0 bridgehead atoms. The molecule has 3 heterocycles. The van der Waals surface area contributed by atoms with Gasteiger partial charge in [-0.05, 0) is 52.4 Å². The van der Waals surface area contributed by atoms with Crippen molar-refractivity contribution in [2.45, 2.75) is 31.8 Å². The molecular formula is C30H24ClN7O. The molecule has 1 aliphatic carbocycles. The highest BCUT2D eigenvalue weighted by atomic mass is 35.5. The zero-order valence-electron chi connectivity index (χ0n) is 21.0. The monoisotopic (exact) mass is 533 g/mol. The van der Waals surface area contributed by atoms with E-state index in [-0.39, 0.29) is 5.56 Å². The van der Waals surface area contributed by atoms with Crippen molar-refractivity contribution < 1.29 is 0 Å². The van der Waals surface area contributed by atoms with Crippen LogP contribution < -0.4 is 5.56 Å². The van der Waals surface area contributed by atoms with E-state index in [2.05, 4.69) is 55.5 Å². The number of aromatic nitrogens is 7. The number of pyridine rings is 1. The zero-order chi connectivity index (χ0) is 26.3. The number of fused-ring (bicyclic) bond motifs is 1. The number of tetrazole rings is 1. The van der Waals surface area contributed by atoms with Crippen molar-refractivity contribution in [2.24, 2.45) is 0 Å². The molecule has 1 fully saturated rings. The van der Waals surface area contributed by atoms with Crippen LogP contribution in [-0.2, 0) is 13.1 Å². The summed E-state index contributed by atoms with van der Waals surface area (Å²) in [6.07, 6.45) is 4.02. The molecule has 0 unspecified atom stereocenters. The molecular weight excluding hydrogens is 510 g/mol. The molecule has 9 heteroatoms. The lowest BCUT2D eigenvalue weighted by atomic mass is 9.98. The number of imidazole rings is 1. The Balaban J connectivity index is 1.25. The third-order valence-electron chi connectivity index (χ3n) is 7.26. The van der Waals surface area contributed by atoms with E-state index in [1.807, 2.05) is 54.7 Å². The molecule has 1 aliphatic rings. The minimum Gasteiger partial charge on any atom is -0.319 e. The third-order valence-corrected chi connectivity index (χ3v) is 7.63. The Labute approximate surface area is 228 Å². The summed E-state index contributed by atoms with van der Waals surface area (Å²) in [5, 5.41) is 15.2. The Hall–Kier alpha value is -4.56. The fourth-order valence-corrected chi connectivity index (χ4v) is 5.32. The lowest BCUT2D eigenvalue weighted by Crippen LogP contribution is -2.22. The fourth-order valence-electron chi connectivity index (χ4n) is 5.12. The van der Waals surface area contributed by atoms with Crippen LogP contribution in [0.15, 0.2) is 89.9 Å². The highest BCUT2D eigenvalue weighted by Crippen LogP contribution is 2.40. The number of nitrogens with one attached hydrogen (secondary N) is 1. The van der Waals surface area contributed by atoms with Gasteiger partial charge >= 0.3 is 0 Å². The molecule has 8 nitrogen and oxygen atoms in total. The third kappa shape index (κ3) is 4.42. The quantitative estimate of drug-likeness (QED) is 0.285. The molecule has 3 aromatic heterocycles. The van der Waals surface area contributed by atoms with Gasteiger partial charge < -0.3 is 9.13 Å². The topological polar surface area (TPSA) is 94.3 Å². The largest absolute Gasteiger partial charge is 0.319 e. The summed E-state index contributed by atoms with van der Waals surface area (Å²) in [7, 11) is 0. The summed E-state index contributed by atoms with van der Waals surface area (Å²) >= 11 is 6.39. The first kappa shape index (κ1) is 23.5. The van der Waals surface area contributed by atoms with Crippen LogP contribution in [0.1, 0.15) is 35.7 Å². The minimum atomic E-state index is -0.0579. The van der Waals surface area contributed by atoms with Gasteiger partial charge in [-0.3, -0.25) is 4.79 Å². The van der Waals surface area contributed by atoms with Gasteiger partial charge in [0.2, 0.25) is 5.82 Å². The number of rotatable bonds is 7. The van der Waals surface area contributed by atoms with Crippen LogP contribution in [0.25, 0.3) is 33.5 Å². The van der Waals surface area contributed by atoms with E-state index in [9.17, 15) is 4.79 Å². The molecule has 192 valence electrons. The standard InChI is InChI=1S/C30H24ClN7O/c31-25-8-4-1-5-22(25)18-37-16-15-26-27(30(37)39)38(29(32-26)21-13-14-21)17-19-9-11-20(12-10-19)23-6-2-3-7-24(23)28-33-35-36-34-28/h1-12,15-16,21H,13-14,17-18H2,(H,33,34,35,36). The predicted octanol–water partition coefficient (Wildman–Crippen LogP) is 5.67. The summed E-state index contributed by atoms with van der Waals surface area (Å²) in [5.74, 6) is 1.95. The SMILES string of the molecule is O=c1c2c(ccn1Cc1ccccc1Cl)nc(C1CC1)n2Cc1ccc(-c2ccccc2-c2nn[nH]n2)cc1. The smallest absolute Gasteiger partial charge is 0.277 e. The van der Waals surface area contributed by atoms with Crippen molar-refractivity contribution in [3.63, 3.8) is 0 Å². The number of benzene rings is 3. The van der Waals surface area contributed by atoms with Crippen LogP contribution in [0.3, 0.4) is 0 Å². The average molecular weight is 534 g/mol. The van der Waals surface area contributed by atoms with Crippen molar-refractivity contribution >= 4 is 22.6 Å². The van der Waals surface area contributed by atoms with Crippen LogP contribution >= 0.6 is 11.6 Å². The Bertz CT molecular complexity index is 1850. The van der Waals surface area contributed by atoms with Gasteiger partial charge in [-0.15, -0.1) is 10.2 Å². The molecule has 0 atom stereocenters. The predicted molar refractivity (Wildman–Crippen MR) is 151 cm³/mol. The molecule has 0 amide bonds. The average Bonchev–Trinajstić information content (AvgIpc) is 3.52. The van der Waals surface area contributed by atoms with Crippen molar-refractivity contribution in [1.82, 2.24) is 34.7 Å². The lowest BCUT2D eigenvalue weighted by Gasteiger charge is -2.12. The summed E-state index contributed by atoms with van der Waals surface area (Å²) in [5.41, 5.74) is 6.32. The fraction of sp³-hybridized carbons (Fsp3) is 0.167. The second-order valence-corrected chi connectivity index (χ2v) is 10.3. The minimum absolute atomic E-state index is 0.0579. The number of aromatic amines is 1. The second kappa shape index (κ2) is 9.63. The van der Waals surface area contributed by atoms with Gasteiger partial charge in [0.25, 0.3) is 5.56 Å². The van der Waals surface area contributed by atoms with Gasteiger partial charge in [0.05, 0.1) is 12.1 Å². The van der Waals surface area contributed by atoms with E-state index >= 15 is 0 Å². The van der Waals surface area contributed by atoms with Crippen LogP contribution in [0.2, 0.25) is 5.02 Å². The van der Waals surface area contributed by atoms with Crippen molar-refractivity contribution in [2.75, 3.05) is 0 Å². The molecule has 0 spiro atoms. The number of nitrogens with zero attached hydrogens (tertiary/aromatic N) is 6. The summed E-state index contributed by atoms with van der Waals surface area (Å²) < 4.78 is 3.83. The van der Waals surface area contributed by atoms with E-state index in [0.717, 1.165) is 52.0 Å². The molecule has 6 aromatic rings. The molecule has 7 rings (SSSR count). The highest BCUT2D eigenvalue weighted by Gasteiger charge is 2.30. The maximum absolute atomic E-state index is 13.7. The van der Waals surface area contributed by atoms with Crippen LogP contribution in [0, 0.1) is 0 Å². The molecule has 0 aliphatic heterocycles. The summed E-state index contributed by atoms with van der Waals surface area (Å²) in [6, 6.07) is 26.0. The zero-order valence-corrected chi connectivity index (χ0v) is 21.7. The van der Waals surface area contributed by atoms with Crippen molar-refractivity contribution in [3.05, 3.63) is 117 Å². The van der Waals surface area contributed by atoms with E-state index < -0.39 is 0 Å². The Kier molecular flexibility index (Phi) is 5.82. The van der Waals surface area contributed by atoms with Gasteiger partial charge in [-0.2, -0.15) is 5.21 Å². The number of hydrogen-bond acceptors (Lipinski definition) is 5. The summed E-state index contributed by atoms with van der Waals surface area (Å²) in [6.45, 7) is 0.979. The molecule has 1 N–H and O–H groups in total. The van der Waals surface area contributed by atoms with E-state index in [4.69, 9.17) is 16.6 Å². The number of hydrogen-bond donors (Lipinski definition) is 1. The van der Waals surface area contributed by atoms with Crippen LogP contribution in [0.5, 0.6) is 0 Å². The molecule has 39 heavy (non-hydrogen) atoms. The molecule has 0 radical (unpaired) electrons. The Morgan fingerprint density at radius 1 is 0.897 bits per heavy atom. The van der Waals surface area contributed by atoms with Crippen LogP contribution in [0.4, 0.5) is 0 Å². The van der Waals surface area contributed by atoms with Gasteiger partial charge in [0, 0.05) is 29.2 Å². The molecule has 1 saturated carbocycles. The Morgan fingerprint density at radius 2 is 1.67 bits per heavy atom. The normalized spacial score (nSPS) is 13.3. The van der Waals surface area contributed by atoms with Crippen molar-refractivity contribution in [3.8, 4) is 22.5 Å². The van der Waals surface area contributed by atoms with E-state index in [1.54, 1.807) is 4.57 Å². The van der Waals surface area contributed by atoms with E-state index in [1.165, 1.54) is 0 Å². The first-order valence-electron chi connectivity index (χ1n) is 12.9. The first-order valence-corrected chi connectivity index (χ1v) is 13.3. The maximum atomic E-state index is 13.7. The number of halogens is 1. The van der Waals surface area contributed by atoms with Gasteiger partial charge in [0.1, 0.15) is 11.3 Å². The summed E-state index contributed by atoms with van der Waals surface area (Å²) in [4.78, 5) is 18.6. The molecule has 0 saturated heterocycles. The van der Waals surface area contributed by atoms with Crippen molar-refractivity contribution in [1.29, 1.82) is 0 Å². The second-order valence-electron chi connectivity index (χ2n) is 9.88. The first-order chi connectivity index (χ1) is 19.2. The maximum Gasteiger partial charge on any atom is 0.277 e. The highest BCUT2D eigenvalue weighted by molar-refractivity contribution is 6.31. The van der Waals surface area contributed by atoms with Gasteiger partial charge in [-0.25, -0.2) is 4.98 Å². The number of H-pyrrole nitrogens is 1. The van der Waals surface area contributed by atoms with E-state index in [0.29, 0.717) is 35.4 Å². The van der Waals surface area contributed by atoms with Crippen LogP contribution in [-0.4, -0.2) is 34.7 Å². The Morgan fingerprint density at radius 3 is 2.41 bits per heavy atom. The van der Waals surface area contributed by atoms with Gasteiger partial charge in [-0.1, -0.05) is 78.3 Å². The molecule has 3 aromatic carbocycles. The lowest BCUT2D eigenvalue weighted by molar-refractivity contribution is 0.726. The van der Waals surface area contributed by atoms with Gasteiger partial charge in [0.15, 0.2) is 0 Å².